The summed E-state index contributed by atoms with van der Waals surface area (Å²) in [6.45, 7) is 3.63. The van der Waals surface area contributed by atoms with E-state index >= 15 is 4.39 Å². The van der Waals surface area contributed by atoms with Crippen molar-refractivity contribution in [1.29, 1.82) is 0 Å². The number of hydroxylamine groups is 1. The molecule has 2 aromatic carbocycles. The Kier molecular flexibility index (Phi) is 9.46. The number of halogens is 1. The van der Waals surface area contributed by atoms with Crippen molar-refractivity contribution in [2.75, 3.05) is 12.3 Å². The smallest absolute Gasteiger partial charge is 0.351 e. The molecule has 1 saturated heterocycles. The average Bonchev–Trinajstić information content (AvgIpc) is 3.19. The molecule has 42 heavy (non-hydrogen) atoms. The van der Waals surface area contributed by atoms with Crippen LogP contribution in [0.5, 0.6) is 5.75 Å². The van der Waals surface area contributed by atoms with E-state index in [1.54, 1.807) is 38.1 Å². The van der Waals surface area contributed by atoms with Crippen molar-refractivity contribution in [2.24, 2.45) is 5.11 Å². The standard InChI is InChI=1S/C25H29FN7O8P/c1-14(2)39-23(35)15(3)33(41-18-10-6-8-16-7-4-5-9-17(16)18)42(37)38-13-25(30-31-28)21(26)20(34)22(40-25)32-12-11-19(27)29-24(32)36/h4-12,14-15,20-22,34,42H,13H2,1-3H3,(H2,27,29,36)/t15?,20-,21+,22-,25-/m1/s1. The first kappa shape index (κ1) is 30.9. The number of anilines is 1. The van der Waals surface area contributed by atoms with Crippen molar-refractivity contribution in [3.8, 4) is 5.75 Å². The summed E-state index contributed by atoms with van der Waals surface area (Å²) >= 11 is 0. The molecule has 3 aromatic rings. The maximum absolute atomic E-state index is 15.5. The normalized spacial score (nSPS) is 23.5. The van der Waals surface area contributed by atoms with Gasteiger partial charge in [0.15, 0.2) is 18.1 Å². The van der Waals surface area contributed by atoms with Gasteiger partial charge in [0.25, 0.3) is 8.18 Å². The molecule has 0 saturated carbocycles. The number of benzene rings is 2. The van der Waals surface area contributed by atoms with Gasteiger partial charge >= 0.3 is 11.7 Å². The minimum absolute atomic E-state index is 0.125. The Morgan fingerprint density at radius 3 is 2.71 bits per heavy atom. The predicted molar refractivity (Wildman–Crippen MR) is 148 cm³/mol. The maximum Gasteiger partial charge on any atom is 0.351 e. The van der Waals surface area contributed by atoms with Gasteiger partial charge in [-0.1, -0.05) is 46.3 Å². The molecule has 1 aromatic heterocycles. The van der Waals surface area contributed by atoms with Crippen LogP contribution in [0.4, 0.5) is 10.2 Å². The van der Waals surface area contributed by atoms with Crippen LogP contribution in [0.2, 0.25) is 0 Å². The molecule has 0 bridgehead atoms. The molecule has 0 radical (unpaired) electrons. The molecule has 0 aliphatic carbocycles. The molecule has 1 aliphatic rings. The van der Waals surface area contributed by atoms with Gasteiger partial charge in [0, 0.05) is 16.5 Å². The van der Waals surface area contributed by atoms with Crippen LogP contribution >= 0.6 is 8.18 Å². The van der Waals surface area contributed by atoms with Gasteiger partial charge in [0.1, 0.15) is 18.0 Å². The van der Waals surface area contributed by atoms with Gasteiger partial charge < -0.3 is 29.7 Å². The molecule has 17 heteroatoms. The summed E-state index contributed by atoms with van der Waals surface area (Å²) in [7, 11) is -3.60. The van der Waals surface area contributed by atoms with Crippen molar-refractivity contribution >= 4 is 30.7 Å². The molecular formula is C25H29FN7O8P. The number of nitrogens with zero attached hydrogens (tertiary/aromatic N) is 6. The fraction of sp³-hybridized carbons (Fsp3) is 0.400. The number of aliphatic hydroxyl groups is 1. The van der Waals surface area contributed by atoms with E-state index in [-0.39, 0.29) is 11.6 Å². The maximum atomic E-state index is 15.5. The van der Waals surface area contributed by atoms with Gasteiger partial charge in [-0.3, -0.25) is 13.9 Å². The van der Waals surface area contributed by atoms with Gasteiger partial charge in [-0.2, -0.15) is 4.98 Å². The molecule has 224 valence electrons. The largest absolute Gasteiger partial charge is 0.462 e. The van der Waals surface area contributed by atoms with Crippen LogP contribution in [-0.4, -0.2) is 62.2 Å². The lowest BCUT2D eigenvalue weighted by Crippen LogP contribution is -2.43. The summed E-state index contributed by atoms with van der Waals surface area (Å²) in [5, 5.41) is 15.3. The van der Waals surface area contributed by atoms with Gasteiger partial charge in [0.2, 0.25) is 5.72 Å². The number of esters is 1. The first-order valence-electron chi connectivity index (χ1n) is 12.7. The van der Waals surface area contributed by atoms with E-state index in [2.05, 4.69) is 15.0 Å². The number of nitrogens with two attached hydrogens (primary N) is 1. The topological polar surface area (TPSA) is 204 Å². The van der Waals surface area contributed by atoms with Gasteiger partial charge in [0.05, 0.1) is 12.7 Å². The summed E-state index contributed by atoms with van der Waals surface area (Å²) in [5.74, 6) is -0.682. The van der Waals surface area contributed by atoms with Crippen LogP contribution in [0.25, 0.3) is 21.2 Å². The van der Waals surface area contributed by atoms with E-state index < -0.39 is 62.8 Å². The van der Waals surface area contributed by atoms with Crippen LogP contribution in [0.15, 0.2) is 64.6 Å². The third-order valence-electron chi connectivity index (χ3n) is 6.26. The average molecular weight is 606 g/mol. The first-order chi connectivity index (χ1) is 20.0. The number of nitrogen functional groups attached to an aromatic ring is 1. The Labute approximate surface area is 239 Å². The van der Waals surface area contributed by atoms with Crippen LogP contribution in [-0.2, 0) is 23.4 Å². The first-order valence-corrected chi connectivity index (χ1v) is 14.0. The van der Waals surface area contributed by atoms with Gasteiger partial charge in [-0.25, -0.2) is 9.18 Å². The highest BCUT2D eigenvalue weighted by Crippen LogP contribution is 2.43. The fourth-order valence-electron chi connectivity index (χ4n) is 4.20. The van der Waals surface area contributed by atoms with Crippen LogP contribution in [0, 0.1) is 0 Å². The Morgan fingerprint density at radius 1 is 1.31 bits per heavy atom. The molecule has 1 aliphatic heterocycles. The second-order valence-corrected chi connectivity index (χ2v) is 10.8. The number of fused-ring (bicyclic) bond motifs is 1. The van der Waals surface area contributed by atoms with Crippen molar-refractivity contribution in [2.45, 2.75) is 57.1 Å². The van der Waals surface area contributed by atoms with Crippen molar-refractivity contribution < 1.29 is 37.7 Å². The summed E-state index contributed by atoms with van der Waals surface area (Å²) in [6.07, 6.45) is -5.54. The number of carbonyl (C=O) groups excluding carboxylic acids is 1. The molecule has 15 nitrogen and oxygen atoms in total. The number of rotatable bonds is 11. The Hall–Kier alpha value is -4.04. The fourth-order valence-corrected chi connectivity index (χ4v) is 5.26. The number of ether oxygens (including phenoxy) is 2. The summed E-state index contributed by atoms with van der Waals surface area (Å²) in [6, 6.07) is 12.2. The second kappa shape index (κ2) is 12.9. The van der Waals surface area contributed by atoms with E-state index in [1.165, 1.54) is 13.0 Å². The highest BCUT2D eigenvalue weighted by atomic mass is 31.1. The number of azide groups is 1. The number of hydrogen-bond acceptors (Lipinski definition) is 11. The number of hydrogen-bond donors (Lipinski definition) is 2. The molecule has 2 heterocycles. The highest BCUT2D eigenvalue weighted by molar-refractivity contribution is 7.36. The zero-order valence-electron chi connectivity index (χ0n) is 22.7. The van der Waals surface area contributed by atoms with E-state index in [0.29, 0.717) is 5.39 Å². The van der Waals surface area contributed by atoms with E-state index in [0.717, 1.165) is 21.0 Å². The lowest BCUT2D eigenvalue weighted by Gasteiger charge is -2.29. The summed E-state index contributed by atoms with van der Waals surface area (Å²) in [5.41, 5.74) is 11.1. The molecule has 3 N–H and O–H groups in total. The number of alkyl halides is 1. The highest BCUT2D eigenvalue weighted by Gasteiger charge is 2.57. The van der Waals surface area contributed by atoms with E-state index in [4.69, 9.17) is 30.1 Å². The SMILES string of the molecule is CC(C)OC(=O)C(C)N(Oc1cccc2ccccc12)[PH](=O)OC[C@@]1(N=[N+]=[N-])O[C@@H](n2ccc(N)nc2=O)[C@H](O)[C@@H]1F. The van der Waals surface area contributed by atoms with Crippen molar-refractivity contribution in [3.05, 3.63) is 75.7 Å². The molecule has 6 atom stereocenters. The Balaban J connectivity index is 1.62. The predicted octanol–water partition coefficient (Wildman–Crippen LogP) is 3.26. The van der Waals surface area contributed by atoms with E-state index in [9.17, 15) is 19.3 Å². The van der Waals surface area contributed by atoms with Gasteiger partial charge in [-0.15, -0.1) is 0 Å². The molecule has 1 fully saturated rings. The molecule has 4 rings (SSSR count). The molecular weight excluding hydrogens is 576 g/mol. The van der Waals surface area contributed by atoms with Crippen LogP contribution in [0.1, 0.15) is 27.0 Å². The molecule has 0 amide bonds. The molecule has 2 unspecified atom stereocenters. The molecule has 0 spiro atoms. The third kappa shape index (κ3) is 6.39. The number of aromatic nitrogens is 2. The quantitative estimate of drug-likeness (QED) is 0.0810. The van der Waals surface area contributed by atoms with Crippen LogP contribution in [0.3, 0.4) is 0 Å². The second-order valence-electron chi connectivity index (χ2n) is 9.59. The van der Waals surface area contributed by atoms with Crippen LogP contribution < -0.4 is 16.3 Å². The van der Waals surface area contributed by atoms with Crippen molar-refractivity contribution in [1.82, 2.24) is 14.4 Å². The minimum atomic E-state index is -3.60. The van der Waals surface area contributed by atoms with Crippen molar-refractivity contribution in [3.63, 3.8) is 0 Å². The van der Waals surface area contributed by atoms with Gasteiger partial charge in [-0.05, 0) is 43.8 Å². The lowest BCUT2D eigenvalue weighted by atomic mass is 10.1. The summed E-state index contributed by atoms with van der Waals surface area (Å²) < 4.78 is 46.0. The Morgan fingerprint density at radius 2 is 2.02 bits per heavy atom. The lowest BCUT2D eigenvalue weighted by molar-refractivity contribution is -0.159. The minimum Gasteiger partial charge on any atom is -0.462 e. The van der Waals surface area contributed by atoms with E-state index in [1.807, 2.05) is 18.2 Å². The third-order valence-corrected chi connectivity index (χ3v) is 7.49. The zero-order valence-corrected chi connectivity index (χ0v) is 23.7. The number of aliphatic hydroxyl groups excluding tert-OH is 1. The number of carbonyl (C=O) groups is 1. The zero-order chi connectivity index (χ0) is 30.6. The monoisotopic (exact) mass is 605 g/mol. The Bertz CT molecular complexity index is 1580. The summed E-state index contributed by atoms with van der Waals surface area (Å²) in [4.78, 5) is 37.9.